The first kappa shape index (κ1) is 22.8. The zero-order chi connectivity index (χ0) is 23.2. The van der Waals surface area contributed by atoms with Gasteiger partial charge in [-0.15, -0.1) is 0 Å². The van der Waals surface area contributed by atoms with Gasteiger partial charge in [-0.2, -0.15) is 0 Å². The maximum Gasteiger partial charge on any atom is 0.315 e. The third kappa shape index (κ3) is 5.72. The van der Waals surface area contributed by atoms with Crippen molar-refractivity contribution in [3.05, 3.63) is 89.4 Å². The number of carbonyl (C=O) groups excluding carboxylic acids is 2. The number of hydrogen-bond acceptors (Lipinski definition) is 3. The number of benzene rings is 3. The van der Waals surface area contributed by atoms with Crippen LogP contribution in [-0.2, 0) is 4.79 Å². The van der Waals surface area contributed by atoms with Crippen LogP contribution in [-0.4, -0.2) is 36.7 Å². The number of anilines is 1. The molecule has 1 aliphatic rings. The standard InChI is InChI=1S/C26H26ClN3O3/c27-22-10-12-23(13-11-22)30-16-18(14-25(30)32)15-28-26(33)29-24(17-31)21-8-6-20(7-9-21)19-4-2-1-3-5-19/h1-13,18,24,31H,14-17H2,(H2,28,29,33). The Labute approximate surface area is 198 Å². The van der Waals surface area contributed by atoms with Gasteiger partial charge in [0.1, 0.15) is 0 Å². The van der Waals surface area contributed by atoms with Gasteiger partial charge in [0.2, 0.25) is 5.91 Å². The summed E-state index contributed by atoms with van der Waals surface area (Å²) in [5, 5.41) is 16.1. The highest BCUT2D eigenvalue weighted by atomic mass is 35.5. The minimum atomic E-state index is -0.523. The molecule has 170 valence electrons. The third-order valence-corrected chi connectivity index (χ3v) is 6.05. The molecular weight excluding hydrogens is 438 g/mol. The Hall–Kier alpha value is -3.35. The summed E-state index contributed by atoms with van der Waals surface area (Å²) in [5.74, 6) is 0.0351. The molecule has 3 aromatic rings. The molecule has 1 fully saturated rings. The highest BCUT2D eigenvalue weighted by Gasteiger charge is 2.30. The van der Waals surface area contributed by atoms with E-state index in [0.717, 1.165) is 22.4 Å². The maximum absolute atomic E-state index is 12.5. The van der Waals surface area contributed by atoms with Crippen LogP contribution in [0.2, 0.25) is 5.02 Å². The van der Waals surface area contributed by atoms with Gasteiger partial charge < -0.3 is 20.6 Å². The summed E-state index contributed by atoms with van der Waals surface area (Å²) in [4.78, 5) is 26.6. The van der Waals surface area contributed by atoms with Crippen molar-refractivity contribution in [2.24, 2.45) is 5.92 Å². The molecule has 0 aliphatic carbocycles. The summed E-state index contributed by atoms with van der Waals surface area (Å²) >= 11 is 5.93. The van der Waals surface area contributed by atoms with Gasteiger partial charge in [-0.3, -0.25) is 4.79 Å². The Morgan fingerprint density at radius 3 is 2.33 bits per heavy atom. The van der Waals surface area contributed by atoms with Crippen molar-refractivity contribution in [3.63, 3.8) is 0 Å². The number of rotatable bonds is 7. The highest BCUT2D eigenvalue weighted by Crippen LogP contribution is 2.26. The second-order valence-corrected chi connectivity index (χ2v) is 8.56. The molecule has 3 aromatic carbocycles. The average molecular weight is 464 g/mol. The predicted molar refractivity (Wildman–Crippen MR) is 130 cm³/mol. The van der Waals surface area contributed by atoms with Crippen LogP contribution in [0.1, 0.15) is 18.0 Å². The zero-order valence-electron chi connectivity index (χ0n) is 18.1. The number of aliphatic hydroxyl groups is 1. The Bertz CT molecular complexity index is 1090. The second kappa shape index (κ2) is 10.5. The molecule has 0 spiro atoms. The van der Waals surface area contributed by atoms with Crippen molar-refractivity contribution in [1.29, 1.82) is 0 Å². The van der Waals surface area contributed by atoms with Gasteiger partial charge in [0.15, 0.2) is 0 Å². The molecule has 2 unspecified atom stereocenters. The number of halogens is 1. The van der Waals surface area contributed by atoms with E-state index in [0.29, 0.717) is 24.5 Å². The molecular formula is C26H26ClN3O3. The van der Waals surface area contributed by atoms with Gasteiger partial charge in [-0.1, -0.05) is 66.2 Å². The van der Waals surface area contributed by atoms with Crippen LogP contribution in [0.3, 0.4) is 0 Å². The van der Waals surface area contributed by atoms with E-state index in [1.54, 1.807) is 17.0 Å². The van der Waals surface area contributed by atoms with Crippen molar-refractivity contribution < 1.29 is 14.7 Å². The van der Waals surface area contributed by atoms with Crippen LogP contribution in [0.4, 0.5) is 10.5 Å². The largest absolute Gasteiger partial charge is 0.394 e. The molecule has 33 heavy (non-hydrogen) atoms. The lowest BCUT2D eigenvalue weighted by atomic mass is 10.0. The van der Waals surface area contributed by atoms with Crippen LogP contribution < -0.4 is 15.5 Å². The summed E-state index contributed by atoms with van der Waals surface area (Å²) in [6.45, 7) is 0.683. The molecule has 0 radical (unpaired) electrons. The fraction of sp³-hybridized carbons (Fsp3) is 0.231. The number of aliphatic hydroxyl groups excluding tert-OH is 1. The normalized spacial score (nSPS) is 16.5. The van der Waals surface area contributed by atoms with Crippen LogP contribution in [0.5, 0.6) is 0 Å². The van der Waals surface area contributed by atoms with E-state index in [4.69, 9.17) is 11.6 Å². The van der Waals surface area contributed by atoms with E-state index >= 15 is 0 Å². The Balaban J connectivity index is 1.30. The zero-order valence-corrected chi connectivity index (χ0v) is 18.8. The van der Waals surface area contributed by atoms with Crippen molar-refractivity contribution in [2.45, 2.75) is 12.5 Å². The van der Waals surface area contributed by atoms with E-state index in [1.807, 2.05) is 66.7 Å². The minimum absolute atomic E-state index is 0.0108. The van der Waals surface area contributed by atoms with E-state index in [1.165, 1.54) is 0 Å². The smallest absolute Gasteiger partial charge is 0.315 e. The summed E-state index contributed by atoms with van der Waals surface area (Å²) in [6.07, 6.45) is 0.368. The van der Waals surface area contributed by atoms with Gasteiger partial charge in [0.25, 0.3) is 0 Å². The average Bonchev–Trinajstić information content (AvgIpc) is 3.23. The van der Waals surface area contributed by atoms with E-state index in [-0.39, 0.29) is 24.5 Å². The van der Waals surface area contributed by atoms with Crippen LogP contribution in [0.25, 0.3) is 11.1 Å². The number of hydrogen-bond donors (Lipinski definition) is 3. The maximum atomic E-state index is 12.5. The fourth-order valence-electron chi connectivity index (χ4n) is 4.01. The molecule has 7 heteroatoms. The monoisotopic (exact) mass is 463 g/mol. The topological polar surface area (TPSA) is 81.7 Å². The summed E-state index contributed by atoms with van der Waals surface area (Å²) in [5.41, 5.74) is 3.79. The molecule has 0 bridgehead atoms. The molecule has 1 heterocycles. The van der Waals surface area contributed by atoms with Gasteiger partial charge in [0.05, 0.1) is 12.6 Å². The molecule has 0 aromatic heterocycles. The van der Waals surface area contributed by atoms with Crippen LogP contribution in [0, 0.1) is 5.92 Å². The molecule has 1 aliphatic heterocycles. The Kier molecular flexibility index (Phi) is 7.27. The van der Waals surface area contributed by atoms with Crippen molar-refractivity contribution in [2.75, 3.05) is 24.6 Å². The third-order valence-electron chi connectivity index (χ3n) is 5.80. The number of carbonyl (C=O) groups is 2. The first-order chi connectivity index (χ1) is 16.0. The number of amides is 3. The number of nitrogens with zero attached hydrogens (tertiary/aromatic N) is 1. The van der Waals surface area contributed by atoms with E-state index in [9.17, 15) is 14.7 Å². The number of urea groups is 1. The molecule has 2 atom stereocenters. The fourth-order valence-corrected chi connectivity index (χ4v) is 4.13. The van der Waals surface area contributed by atoms with Crippen molar-refractivity contribution >= 4 is 29.2 Å². The van der Waals surface area contributed by atoms with Gasteiger partial charge in [-0.05, 0) is 41.0 Å². The molecule has 0 saturated carbocycles. The molecule has 3 N–H and O–H groups in total. The SMILES string of the molecule is O=C(NCC1CC(=O)N(c2ccc(Cl)cc2)C1)NC(CO)c1ccc(-c2ccccc2)cc1. The lowest BCUT2D eigenvalue weighted by Crippen LogP contribution is -2.41. The molecule has 6 nitrogen and oxygen atoms in total. The van der Waals surface area contributed by atoms with E-state index in [2.05, 4.69) is 10.6 Å². The van der Waals surface area contributed by atoms with Crippen molar-refractivity contribution in [3.8, 4) is 11.1 Å². The van der Waals surface area contributed by atoms with Crippen LogP contribution >= 0.6 is 11.6 Å². The Morgan fingerprint density at radius 1 is 1.00 bits per heavy atom. The summed E-state index contributed by atoms with van der Waals surface area (Å²) in [7, 11) is 0. The molecule has 4 rings (SSSR count). The summed E-state index contributed by atoms with van der Waals surface area (Å²) < 4.78 is 0. The van der Waals surface area contributed by atoms with Crippen LogP contribution in [0.15, 0.2) is 78.9 Å². The van der Waals surface area contributed by atoms with E-state index < -0.39 is 6.04 Å². The quantitative estimate of drug-likeness (QED) is 0.486. The van der Waals surface area contributed by atoms with Gasteiger partial charge in [0, 0.05) is 36.1 Å². The van der Waals surface area contributed by atoms with Gasteiger partial charge in [-0.25, -0.2) is 4.79 Å². The first-order valence-electron chi connectivity index (χ1n) is 10.9. The predicted octanol–water partition coefficient (Wildman–Crippen LogP) is 4.39. The molecule has 3 amide bonds. The molecule has 1 saturated heterocycles. The number of nitrogens with one attached hydrogen (secondary N) is 2. The van der Waals surface area contributed by atoms with Gasteiger partial charge >= 0.3 is 6.03 Å². The minimum Gasteiger partial charge on any atom is -0.394 e. The second-order valence-electron chi connectivity index (χ2n) is 8.13. The lowest BCUT2D eigenvalue weighted by Gasteiger charge is -2.19. The first-order valence-corrected chi connectivity index (χ1v) is 11.3. The van der Waals surface area contributed by atoms with Crippen molar-refractivity contribution in [1.82, 2.24) is 10.6 Å². The lowest BCUT2D eigenvalue weighted by molar-refractivity contribution is -0.117. The highest BCUT2D eigenvalue weighted by molar-refractivity contribution is 6.30. The summed E-state index contributed by atoms with van der Waals surface area (Å²) in [6, 6.07) is 24.0. The Morgan fingerprint density at radius 2 is 1.67 bits per heavy atom.